The van der Waals surface area contributed by atoms with Gasteiger partial charge in [-0.25, -0.2) is 9.36 Å². The van der Waals surface area contributed by atoms with Gasteiger partial charge in [0.1, 0.15) is 6.54 Å². The Morgan fingerprint density at radius 3 is 2.21 bits per heavy atom. The molecule has 1 amide bonds. The van der Waals surface area contributed by atoms with E-state index in [-0.39, 0.29) is 24.5 Å². The predicted molar refractivity (Wildman–Crippen MR) is 109 cm³/mol. The zero-order chi connectivity index (χ0) is 21.6. The van der Waals surface area contributed by atoms with Crippen molar-refractivity contribution in [3.63, 3.8) is 0 Å². The van der Waals surface area contributed by atoms with Crippen LogP contribution in [0.4, 0.5) is 0 Å². The number of carbonyl (C=O) groups is 2. The number of nitrogens with zero attached hydrogens (tertiary/aromatic N) is 3. The van der Waals surface area contributed by atoms with Crippen LogP contribution in [0, 0.1) is 0 Å². The summed E-state index contributed by atoms with van der Waals surface area (Å²) < 4.78 is 7.16. The largest absolute Gasteiger partial charge is 0.454 e. The number of esters is 1. The maximum absolute atomic E-state index is 12.6. The Balaban J connectivity index is 2.08. The quantitative estimate of drug-likeness (QED) is 0.621. The highest BCUT2D eigenvalue weighted by Gasteiger charge is 2.21. The molecule has 0 fully saturated rings. The second-order valence-electron chi connectivity index (χ2n) is 7.29. The number of aromatic nitrogens is 2. The van der Waals surface area contributed by atoms with Gasteiger partial charge in [0, 0.05) is 24.3 Å². The second-order valence-corrected chi connectivity index (χ2v) is 7.29. The molecular weight excluding hydrogens is 374 g/mol. The predicted octanol–water partition coefficient (Wildman–Crippen LogP) is 1.25. The number of hydrogen-bond acceptors (Lipinski definition) is 5. The topological polar surface area (TPSA) is 90.6 Å². The zero-order valence-corrected chi connectivity index (χ0v) is 17.2. The van der Waals surface area contributed by atoms with E-state index in [9.17, 15) is 19.2 Å². The molecule has 0 N–H and O–H groups in total. The number of ether oxygens (including phenoxy) is 1. The lowest BCUT2D eigenvalue weighted by Gasteiger charge is -2.30. The number of amides is 1. The van der Waals surface area contributed by atoms with Gasteiger partial charge in [0.25, 0.3) is 11.5 Å². The first-order chi connectivity index (χ1) is 13.7. The van der Waals surface area contributed by atoms with E-state index < -0.39 is 30.4 Å². The molecule has 2 rings (SSSR count). The summed E-state index contributed by atoms with van der Waals surface area (Å²) in [4.78, 5) is 50.7. The lowest BCUT2D eigenvalue weighted by atomic mass is 10.2. The van der Waals surface area contributed by atoms with Gasteiger partial charge >= 0.3 is 11.7 Å². The van der Waals surface area contributed by atoms with Gasteiger partial charge in [-0.1, -0.05) is 30.3 Å². The van der Waals surface area contributed by atoms with E-state index in [0.29, 0.717) is 0 Å². The fraction of sp³-hybridized carbons (Fsp3) is 0.429. The molecule has 29 heavy (non-hydrogen) atoms. The van der Waals surface area contributed by atoms with Crippen molar-refractivity contribution in [1.82, 2.24) is 14.0 Å². The highest BCUT2D eigenvalue weighted by atomic mass is 16.5. The van der Waals surface area contributed by atoms with E-state index in [1.54, 1.807) is 4.90 Å². The van der Waals surface area contributed by atoms with E-state index in [1.807, 2.05) is 58.0 Å². The Hall–Kier alpha value is -3.16. The van der Waals surface area contributed by atoms with Crippen molar-refractivity contribution in [2.45, 2.75) is 52.9 Å². The monoisotopic (exact) mass is 401 g/mol. The molecule has 1 aromatic carbocycles. The smallest absolute Gasteiger partial charge is 0.331 e. The Bertz CT molecular complexity index is 952. The minimum Gasteiger partial charge on any atom is -0.454 e. The van der Waals surface area contributed by atoms with Crippen LogP contribution < -0.4 is 11.2 Å². The molecule has 8 heteroatoms. The maximum atomic E-state index is 12.6. The van der Waals surface area contributed by atoms with Crippen LogP contribution in [0.3, 0.4) is 0 Å². The summed E-state index contributed by atoms with van der Waals surface area (Å²) in [6, 6.07) is 10.4. The van der Waals surface area contributed by atoms with Crippen LogP contribution in [0.1, 0.15) is 33.3 Å². The zero-order valence-electron chi connectivity index (χ0n) is 17.2. The summed E-state index contributed by atoms with van der Waals surface area (Å²) in [5.74, 6) is -1.15. The molecule has 0 saturated heterocycles. The third-order valence-corrected chi connectivity index (χ3v) is 4.38. The Morgan fingerprint density at radius 2 is 1.62 bits per heavy atom. The standard InChI is InChI=1S/C21H27N3O5/c1-15(2)24(16(3)4)19(26)14-29-20(27)13-23-18(25)10-11-22(21(23)28)12-17-8-6-5-7-9-17/h5-11,15-16H,12-14H2,1-4H3. The first kappa shape index (κ1) is 22.1. The van der Waals surface area contributed by atoms with E-state index in [2.05, 4.69) is 0 Å². The minimum atomic E-state index is -0.817. The summed E-state index contributed by atoms with van der Waals surface area (Å²) in [5, 5.41) is 0. The molecule has 0 atom stereocenters. The van der Waals surface area contributed by atoms with Crippen molar-refractivity contribution in [3.05, 3.63) is 69.0 Å². The highest BCUT2D eigenvalue weighted by molar-refractivity contribution is 5.81. The summed E-state index contributed by atoms with van der Waals surface area (Å²) in [6.45, 7) is 6.78. The maximum Gasteiger partial charge on any atom is 0.331 e. The van der Waals surface area contributed by atoms with E-state index in [1.165, 1.54) is 16.8 Å². The summed E-state index contributed by atoms with van der Waals surface area (Å²) in [7, 11) is 0. The first-order valence-electron chi connectivity index (χ1n) is 9.51. The highest BCUT2D eigenvalue weighted by Crippen LogP contribution is 2.06. The molecule has 1 heterocycles. The van der Waals surface area contributed by atoms with E-state index in [0.717, 1.165) is 10.1 Å². The fourth-order valence-electron chi connectivity index (χ4n) is 3.17. The average Bonchev–Trinajstić information content (AvgIpc) is 2.66. The van der Waals surface area contributed by atoms with Crippen LogP contribution in [0.25, 0.3) is 0 Å². The van der Waals surface area contributed by atoms with Gasteiger partial charge in [-0.05, 0) is 33.3 Å². The van der Waals surface area contributed by atoms with Gasteiger partial charge in [0.15, 0.2) is 6.61 Å². The molecule has 1 aromatic heterocycles. The molecule has 2 aromatic rings. The SMILES string of the molecule is CC(C)N(C(=O)COC(=O)Cn1c(=O)ccn(Cc2ccccc2)c1=O)C(C)C. The van der Waals surface area contributed by atoms with Crippen LogP contribution in [0.15, 0.2) is 52.2 Å². The fourth-order valence-corrected chi connectivity index (χ4v) is 3.17. The summed E-state index contributed by atoms with van der Waals surface area (Å²) in [6.07, 6.45) is 1.40. The lowest BCUT2D eigenvalue weighted by Crippen LogP contribution is -2.45. The normalized spacial score (nSPS) is 11.0. The van der Waals surface area contributed by atoms with Crippen molar-refractivity contribution in [1.29, 1.82) is 0 Å². The van der Waals surface area contributed by atoms with Gasteiger partial charge in [0.2, 0.25) is 0 Å². The number of hydrogen-bond donors (Lipinski definition) is 0. The third-order valence-electron chi connectivity index (χ3n) is 4.38. The number of carbonyl (C=O) groups excluding carboxylic acids is 2. The van der Waals surface area contributed by atoms with Gasteiger partial charge in [-0.2, -0.15) is 0 Å². The second kappa shape index (κ2) is 9.86. The van der Waals surface area contributed by atoms with E-state index >= 15 is 0 Å². The number of rotatable bonds is 8. The molecule has 0 aliphatic carbocycles. The van der Waals surface area contributed by atoms with Crippen molar-refractivity contribution >= 4 is 11.9 Å². The molecule has 0 spiro atoms. The van der Waals surface area contributed by atoms with Gasteiger partial charge < -0.3 is 9.64 Å². The van der Waals surface area contributed by atoms with Gasteiger partial charge in [-0.3, -0.25) is 19.0 Å². The van der Waals surface area contributed by atoms with Crippen LogP contribution >= 0.6 is 0 Å². The molecule has 8 nitrogen and oxygen atoms in total. The molecular formula is C21H27N3O5. The van der Waals surface area contributed by atoms with Gasteiger partial charge in [0.05, 0.1) is 6.54 Å². The Morgan fingerprint density at radius 1 is 1.00 bits per heavy atom. The molecule has 0 aliphatic rings. The first-order valence-corrected chi connectivity index (χ1v) is 9.51. The summed E-state index contributed by atoms with van der Waals surface area (Å²) in [5.41, 5.74) is -0.334. The van der Waals surface area contributed by atoms with Crippen molar-refractivity contribution in [2.75, 3.05) is 6.61 Å². The number of benzene rings is 1. The molecule has 156 valence electrons. The molecule has 0 bridgehead atoms. The molecule has 0 saturated carbocycles. The van der Waals surface area contributed by atoms with Crippen LogP contribution in [-0.2, 0) is 27.4 Å². The molecule has 0 radical (unpaired) electrons. The van der Waals surface area contributed by atoms with Crippen LogP contribution in [-0.4, -0.2) is 44.6 Å². The third kappa shape index (κ3) is 5.91. The van der Waals surface area contributed by atoms with Crippen molar-refractivity contribution in [2.24, 2.45) is 0 Å². The van der Waals surface area contributed by atoms with E-state index in [4.69, 9.17) is 4.74 Å². The Kier molecular flexibility index (Phi) is 7.52. The summed E-state index contributed by atoms with van der Waals surface area (Å²) >= 11 is 0. The van der Waals surface area contributed by atoms with Crippen LogP contribution in [0.5, 0.6) is 0 Å². The van der Waals surface area contributed by atoms with Crippen molar-refractivity contribution < 1.29 is 14.3 Å². The lowest BCUT2D eigenvalue weighted by molar-refractivity contribution is -0.154. The Labute approximate surface area is 169 Å². The minimum absolute atomic E-state index is 0.0388. The van der Waals surface area contributed by atoms with Gasteiger partial charge in [-0.15, -0.1) is 0 Å². The molecule has 0 aliphatic heterocycles. The molecule has 0 unspecified atom stereocenters. The average molecular weight is 401 g/mol. The van der Waals surface area contributed by atoms with Crippen LogP contribution in [0.2, 0.25) is 0 Å². The van der Waals surface area contributed by atoms with Crippen molar-refractivity contribution in [3.8, 4) is 0 Å².